The van der Waals surface area contributed by atoms with Gasteiger partial charge in [-0.05, 0) is 30.3 Å². The van der Waals surface area contributed by atoms with Gasteiger partial charge in [0, 0.05) is 29.0 Å². The van der Waals surface area contributed by atoms with Gasteiger partial charge in [-0.25, -0.2) is 9.78 Å². The van der Waals surface area contributed by atoms with Crippen LogP contribution in [0.15, 0.2) is 54.2 Å². The maximum atomic E-state index is 12.3. The fourth-order valence-corrected chi connectivity index (χ4v) is 2.83. The molecule has 0 aliphatic heterocycles. The Labute approximate surface area is 142 Å². The molecule has 1 amide bonds. The van der Waals surface area contributed by atoms with Gasteiger partial charge in [-0.1, -0.05) is 6.07 Å². The Balaban J connectivity index is 1.76. The molecule has 0 saturated carbocycles. The molecule has 0 unspecified atom stereocenters. The number of carbonyl (C=O) groups excluding carboxylic acids is 2. The minimum absolute atomic E-state index is 0.308. The molecule has 0 aliphatic rings. The van der Waals surface area contributed by atoms with Gasteiger partial charge in [-0.15, -0.1) is 11.3 Å². The number of hydrogen-bond acceptors (Lipinski definition) is 6. The Bertz CT molecular complexity index is 878. The number of nitrogens with zero attached hydrogens (tertiary/aromatic N) is 2. The van der Waals surface area contributed by atoms with Crippen LogP contribution in [0.3, 0.4) is 0 Å². The summed E-state index contributed by atoms with van der Waals surface area (Å²) in [5, 5.41) is 5.13. The third kappa shape index (κ3) is 3.47. The summed E-state index contributed by atoms with van der Waals surface area (Å²) in [6.45, 7) is 0. The topological polar surface area (TPSA) is 81.2 Å². The SMILES string of the molecule is COC(=O)c1cccc(NC(=O)c2csc(-c3cccnc3)n2)c1. The number of thiazole rings is 1. The highest BCUT2D eigenvalue weighted by atomic mass is 32.1. The summed E-state index contributed by atoms with van der Waals surface area (Å²) in [6, 6.07) is 10.2. The van der Waals surface area contributed by atoms with Gasteiger partial charge in [0.15, 0.2) is 0 Å². The van der Waals surface area contributed by atoms with Gasteiger partial charge in [-0.3, -0.25) is 9.78 Å². The van der Waals surface area contributed by atoms with Crippen molar-refractivity contribution >= 4 is 28.9 Å². The molecule has 120 valence electrons. The number of pyridine rings is 1. The van der Waals surface area contributed by atoms with Gasteiger partial charge in [0.25, 0.3) is 5.91 Å². The summed E-state index contributed by atoms with van der Waals surface area (Å²) in [5.41, 5.74) is 2.03. The molecule has 0 atom stereocenters. The van der Waals surface area contributed by atoms with Crippen LogP contribution in [-0.4, -0.2) is 29.0 Å². The lowest BCUT2D eigenvalue weighted by Crippen LogP contribution is -2.13. The van der Waals surface area contributed by atoms with Crippen molar-refractivity contribution in [3.8, 4) is 10.6 Å². The molecule has 0 aliphatic carbocycles. The number of hydrogen-bond donors (Lipinski definition) is 1. The number of benzene rings is 1. The van der Waals surface area contributed by atoms with Crippen LogP contribution in [0, 0.1) is 0 Å². The first-order valence-corrected chi connectivity index (χ1v) is 7.91. The molecule has 24 heavy (non-hydrogen) atoms. The maximum Gasteiger partial charge on any atom is 0.337 e. The Hall–Kier alpha value is -3.06. The first-order valence-electron chi connectivity index (χ1n) is 7.03. The third-order valence-electron chi connectivity index (χ3n) is 3.19. The van der Waals surface area contributed by atoms with Crippen LogP contribution in [0.4, 0.5) is 5.69 Å². The quantitative estimate of drug-likeness (QED) is 0.738. The smallest absolute Gasteiger partial charge is 0.337 e. The Morgan fingerprint density at radius 3 is 2.83 bits per heavy atom. The molecule has 3 rings (SSSR count). The van der Waals surface area contributed by atoms with Crippen molar-refractivity contribution in [3.63, 3.8) is 0 Å². The van der Waals surface area contributed by atoms with E-state index in [-0.39, 0.29) is 5.91 Å². The second kappa shape index (κ2) is 7.01. The number of methoxy groups -OCH3 is 1. The molecular formula is C17H13N3O3S. The monoisotopic (exact) mass is 339 g/mol. The Morgan fingerprint density at radius 1 is 1.21 bits per heavy atom. The van der Waals surface area contributed by atoms with Gasteiger partial charge in [-0.2, -0.15) is 0 Å². The zero-order valence-electron chi connectivity index (χ0n) is 12.7. The second-order valence-corrected chi connectivity index (χ2v) is 5.66. The molecule has 6 nitrogen and oxygen atoms in total. The maximum absolute atomic E-state index is 12.3. The van der Waals surface area contributed by atoms with Gasteiger partial charge in [0.2, 0.25) is 0 Å². The van der Waals surface area contributed by atoms with Crippen LogP contribution in [0.2, 0.25) is 0 Å². The van der Waals surface area contributed by atoms with Crippen molar-refractivity contribution in [2.75, 3.05) is 12.4 Å². The molecule has 0 saturated heterocycles. The summed E-state index contributed by atoms with van der Waals surface area (Å²) in [7, 11) is 1.31. The summed E-state index contributed by atoms with van der Waals surface area (Å²) in [4.78, 5) is 32.2. The molecular weight excluding hydrogens is 326 g/mol. The first kappa shape index (κ1) is 15.8. The highest BCUT2D eigenvalue weighted by Crippen LogP contribution is 2.23. The van der Waals surface area contributed by atoms with E-state index in [9.17, 15) is 9.59 Å². The number of nitrogens with one attached hydrogen (secondary N) is 1. The minimum Gasteiger partial charge on any atom is -0.465 e. The van der Waals surface area contributed by atoms with Crippen molar-refractivity contribution < 1.29 is 14.3 Å². The zero-order valence-corrected chi connectivity index (χ0v) is 13.5. The number of carbonyl (C=O) groups is 2. The van der Waals surface area contributed by atoms with Crippen LogP contribution in [0.5, 0.6) is 0 Å². The van der Waals surface area contributed by atoms with E-state index in [4.69, 9.17) is 0 Å². The van der Waals surface area contributed by atoms with E-state index in [0.717, 1.165) is 10.6 Å². The predicted molar refractivity (Wildman–Crippen MR) is 91.1 cm³/mol. The van der Waals surface area contributed by atoms with E-state index < -0.39 is 5.97 Å². The van der Waals surface area contributed by atoms with Gasteiger partial charge < -0.3 is 10.1 Å². The molecule has 0 bridgehead atoms. The van der Waals surface area contributed by atoms with E-state index >= 15 is 0 Å². The summed E-state index contributed by atoms with van der Waals surface area (Å²) in [6.07, 6.45) is 3.37. The number of amides is 1. The van der Waals surface area contributed by atoms with Crippen LogP contribution >= 0.6 is 11.3 Å². The van der Waals surface area contributed by atoms with Crippen molar-refractivity contribution in [1.82, 2.24) is 9.97 Å². The lowest BCUT2D eigenvalue weighted by Gasteiger charge is -2.05. The van der Waals surface area contributed by atoms with Crippen LogP contribution in [0.1, 0.15) is 20.8 Å². The van der Waals surface area contributed by atoms with Gasteiger partial charge in [0.05, 0.1) is 12.7 Å². The fraction of sp³-hybridized carbons (Fsp3) is 0.0588. The van der Waals surface area contributed by atoms with Gasteiger partial charge in [0.1, 0.15) is 10.7 Å². The molecule has 1 aromatic carbocycles. The number of esters is 1. The highest BCUT2D eigenvalue weighted by molar-refractivity contribution is 7.13. The summed E-state index contributed by atoms with van der Waals surface area (Å²) < 4.78 is 4.66. The van der Waals surface area contributed by atoms with Crippen molar-refractivity contribution in [1.29, 1.82) is 0 Å². The van der Waals surface area contributed by atoms with E-state index in [1.165, 1.54) is 18.4 Å². The third-order valence-corrected chi connectivity index (χ3v) is 4.08. The molecule has 0 spiro atoms. The summed E-state index contributed by atoms with van der Waals surface area (Å²) >= 11 is 1.37. The number of rotatable bonds is 4. The largest absolute Gasteiger partial charge is 0.465 e. The lowest BCUT2D eigenvalue weighted by atomic mass is 10.2. The Kier molecular flexibility index (Phi) is 4.62. The van der Waals surface area contributed by atoms with E-state index in [0.29, 0.717) is 16.9 Å². The summed E-state index contributed by atoms with van der Waals surface area (Å²) in [5.74, 6) is -0.804. The van der Waals surface area contributed by atoms with Crippen LogP contribution in [0.25, 0.3) is 10.6 Å². The van der Waals surface area contributed by atoms with E-state index in [1.807, 2.05) is 12.1 Å². The lowest BCUT2D eigenvalue weighted by molar-refractivity contribution is 0.0600. The van der Waals surface area contributed by atoms with Crippen molar-refractivity contribution in [2.24, 2.45) is 0 Å². The first-order chi connectivity index (χ1) is 11.7. The average molecular weight is 339 g/mol. The standard InChI is InChI=1S/C17H13N3O3S/c1-23-17(22)11-4-2-6-13(8-11)19-15(21)14-10-24-16(20-14)12-5-3-7-18-9-12/h2-10H,1H3,(H,19,21). The molecule has 1 N–H and O–H groups in total. The number of ether oxygens (including phenoxy) is 1. The second-order valence-electron chi connectivity index (χ2n) is 4.81. The molecule has 3 aromatic rings. The number of anilines is 1. The fourth-order valence-electron chi connectivity index (χ4n) is 2.04. The van der Waals surface area contributed by atoms with Gasteiger partial charge >= 0.3 is 5.97 Å². The van der Waals surface area contributed by atoms with Crippen molar-refractivity contribution in [3.05, 3.63) is 65.4 Å². The minimum atomic E-state index is -0.460. The zero-order chi connectivity index (χ0) is 16.9. The molecule has 7 heteroatoms. The molecule has 0 radical (unpaired) electrons. The van der Waals surface area contributed by atoms with Crippen LogP contribution < -0.4 is 5.32 Å². The predicted octanol–water partition coefficient (Wildman–Crippen LogP) is 3.24. The molecule has 0 fully saturated rings. The normalized spacial score (nSPS) is 10.2. The van der Waals surface area contributed by atoms with Crippen LogP contribution in [-0.2, 0) is 4.74 Å². The van der Waals surface area contributed by atoms with E-state index in [2.05, 4.69) is 20.0 Å². The average Bonchev–Trinajstić information content (AvgIpc) is 3.12. The Morgan fingerprint density at radius 2 is 2.08 bits per heavy atom. The number of aromatic nitrogens is 2. The van der Waals surface area contributed by atoms with E-state index in [1.54, 1.807) is 42.0 Å². The molecule has 2 aromatic heterocycles. The highest BCUT2D eigenvalue weighted by Gasteiger charge is 2.13. The van der Waals surface area contributed by atoms with Crippen molar-refractivity contribution in [2.45, 2.75) is 0 Å². The molecule has 2 heterocycles.